The maximum Gasteiger partial charge on any atom is 0.118 e. The highest BCUT2D eigenvalue weighted by Crippen LogP contribution is 2.59. The first-order valence-electron chi connectivity index (χ1n) is 9.29. The van der Waals surface area contributed by atoms with Crippen LogP contribution in [0.25, 0.3) is 5.57 Å². The number of benzene rings is 1. The van der Waals surface area contributed by atoms with E-state index in [9.17, 15) is 0 Å². The summed E-state index contributed by atoms with van der Waals surface area (Å²) in [5.41, 5.74) is 4.35. The molecule has 0 amide bonds. The van der Waals surface area contributed by atoms with Crippen LogP contribution in [0.1, 0.15) is 31.7 Å². The van der Waals surface area contributed by atoms with Crippen LogP contribution in [0.5, 0.6) is 5.75 Å². The molecule has 0 radical (unpaired) electrons. The normalized spacial score (nSPS) is 29.8. The van der Waals surface area contributed by atoms with E-state index in [1.807, 2.05) is 7.11 Å². The van der Waals surface area contributed by atoms with Gasteiger partial charge in [0.05, 0.1) is 21.3 Å². The van der Waals surface area contributed by atoms with Gasteiger partial charge in [0.1, 0.15) is 5.75 Å². The average Bonchev–Trinajstić information content (AvgIpc) is 2.91. The van der Waals surface area contributed by atoms with Crippen LogP contribution in [-0.4, -0.2) is 28.4 Å². The van der Waals surface area contributed by atoms with Crippen molar-refractivity contribution in [2.45, 2.75) is 51.9 Å². The Kier molecular flexibility index (Phi) is 4.76. The van der Waals surface area contributed by atoms with Gasteiger partial charge in [0.25, 0.3) is 0 Å². The summed E-state index contributed by atoms with van der Waals surface area (Å²) >= 11 is 0. The molecule has 25 heavy (non-hydrogen) atoms. The monoisotopic (exact) mass is 356 g/mol. The van der Waals surface area contributed by atoms with Gasteiger partial charge in [-0.05, 0) is 59.4 Å². The number of hydrogen-bond donors (Lipinski definition) is 0. The summed E-state index contributed by atoms with van der Waals surface area (Å²) in [6.45, 7) is 14.5. The van der Waals surface area contributed by atoms with Gasteiger partial charge in [-0.25, -0.2) is 0 Å². The summed E-state index contributed by atoms with van der Waals surface area (Å²) in [7, 11) is 2.11. The zero-order chi connectivity index (χ0) is 18.4. The van der Waals surface area contributed by atoms with Crippen LogP contribution in [0.3, 0.4) is 0 Å². The van der Waals surface area contributed by atoms with Gasteiger partial charge in [0.2, 0.25) is 0 Å². The number of hydrogen-bond acceptors (Lipinski definition) is 2. The molecule has 1 aromatic rings. The summed E-state index contributed by atoms with van der Waals surface area (Å²) in [6, 6.07) is 8.53. The lowest BCUT2D eigenvalue weighted by Gasteiger charge is -2.44. The van der Waals surface area contributed by atoms with E-state index in [0.717, 1.165) is 18.6 Å². The van der Waals surface area contributed by atoms with E-state index < -0.39 is 8.07 Å². The Bertz CT molecular complexity index is 696. The predicted molar refractivity (Wildman–Crippen MR) is 109 cm³/mol. The lowest BCUT2D eigenvalue weighted by molar-refractivity contribution is 0.0976. The van der Waals surface area contributed by atoms with Gasteiger partial charge in [-0.1, -0.05) is 50.5 Å². The van der Waals surface area contributed by atoms with E-state index in [-0.39, 0.29) is 0 Å². The lowest BCUT2D eigenvalue weighted by atomic mass is 9.67. The van der Waals surface area contributed by atoms with Crippen molar-refractivity contribution in [3.05, 3.63) is 47.2 Å². The van der Waals surface area contributed by atoms with Crippen LogP contribution in [0.15, 0.2) is 41.6 Å². The summed E-state index contributed by atoms with van der Waals surface area (Å²) in [5, 5.41) is 1.66. The topological polar surface area (TPSA) is 18.5 Å². The molecule has 0 aromatic heterocycles. The van der Waals surface area contributed by atoms with Crippen molar-refractivity contribution < 1.29 is 9.47 Å². The lowest BCUT2D eigenvalue weighted by Crippen LogP contribution is -2.37. The van der Waals surface area contributed by atoms with Gasteiger partial charge in [-0.2, -0.15) is 0 Å². The number of methoxy groups -OCH3 is 2. The number of fused-ring (bicyclic) bond motifs is 1. The second-order valence-electron chi connectivity index (χ2n) is 9.04. The molecule has 3 heteroatoms. The van der Waals surface area contributed by atoms with Crippen LogP contribution in [0.2, 0.25) is 19.6 Å². The Hall–Kier alpha value is -1.32. The maximum absolute atomic E-state index is 5.74. The summed E-state index contributed by atoms with van der Waals surface area (Å²) in [4.78, 5) is 0. The fourth-order valence-corrected chi connectivity index (χ4v) is 6.84. The first-order chi connectivity index (χ1) is 11.7. The average molecular weight is 357 g/mol. The smallest absolute Gasteiger partial charge is 0.118 e. The Morgan fingerprint density at radius 3 is 2.28 bits per heavy atom. The highest BCUT2D eigenvalue weighted by molar-refractivity contribution is 6.84. The van der Waals surface area contributed by atoms with Gasteiger partial charge in [0, 0.05) is 7.11 Å². The highest BCUT2D eigenvalue weighted by atomic mass is 28.3. The third-order valence-corrected chi connectivity index (χ3v) is 8.51. The van der Waals surface area contributed by atoms with Gasteiger partial charge < -0.3 is 9.47 Å². The fraction of sp³-hybridized carbons (Fsp3) is 0.545. The van der Waals surface area contributed by atoms with E-state index in [1.54, 1.807) is 12.3 Å². The molecular weight excluding hydrogens is 324 g/mol. The van der Waals surface area contributed by atoms with Crippen molar-refractivity contribution in [2.24, 2.45) is 11.3 Å². The SMILES string of the molecule is C=C1C(c2ccc(OC)cc2)=C([Si](C)(C)C)C[C@@]2(C)C[C@@H](OC)C[C@H]12. The van der Waals surface area contributed by atoms with Crippen LogP contribution in [0.4, 0.5) is 0 Å². The molecule has 1 fully saturated rings. The van der Waals surface area contributed by atoms with E-state index >= 15 is 0 Å². The molecule has 2 aliphatic rings. The van der Waals surface area contributed by atoms with Crippen LogP contribution in [0, 0.1) is 11.3 Å². The molecule has 0 N–H and O–H groups in total. The summed E-state index contributed by atoms with van der Waals surface area (Å²) in [5.74, 6) is 1.43. The standard InChI is InChI=1S/C22H32O2Si/c1-15-19-12-18(24-4)13-22(19,2)14-20(25(5,6)7)21(15)16-8-10-17(23-3)11-9-16/h8-11,18-19H,1,12-14H2,2-7H3/t18-,19+,22+/m0/s1. The molecular formula is C22H32O2Si. The molecule has 0 heterocycles. The minimum atomic E-state index is -1.46. The number of allylic oxidation sites excluding steroid dienone is 3. The third kappa shape index (κ3) is 3.24. The second kappa shape index (κ2) is 6.44. The molecule has 1 saturated carbocycles. The van der Waals surface area contributed by atoms with Gasteiger partial charge in [-0.3, -0.25) is 0 Å². The predicted octanol–water partition coefficient (Wildman–Crippen LogP) is 5.72. The van der Waals surface area contributed by atoms with Gasteiger partial charge in [-0.15, -0.1) is 0 Å². The van der Waals surface area contributed by atoms with Crippen molar-refractivity contribution in [1.82, 2.24) is 0 Å². The molecule has 136 valence electrons. The number of ether oxygens (including phenoxy) is 2. The zero-order valence-corrected chi connectivity index (χ0v) is 17.6. The molecule has 0 bridgehead atoms. The molecule has 1 aromatic carbocycles. The van der Waals surface area contributed by atoms with E-state index in [2.05, 4.69) is 57.4 Å². The first-order valence-corrected chi connectivity index (χ1v) is 12.8. The Morgan fingerprint density at radius 1 is 1.12 bits per heavy atom. The van der Waals surface area contributed by atoms with Crippen molar-refractivity contribution in [2.75, 3.05) is 14.2 Å². The Morgan fingerprint density at radius 2 is 1.76 bits per heavy atom. The first kappa shape index (κ1) is 18.5. The summed E-state index contributed by atoms with van der Waals surface area (Å²) in [6.07, 6.45) is 3.81. The van der Waals surface area contributed by atoms with Crippen LogP contribution < -0.4 is 4.74 Å². The fourth-order valence-electron chi connectivity index (χ4n) is 4.85. The zero-order valence-electron chi connectivity index (χ0n) is 16.6. The summed E-state index contributed by atoms with van der Waals surface area (Å²) < 4.78 is 11.1. The van der Waals surface area contributed by atoms with Gasteiger partial charge >= 0.3 is 0 Å². The molecule has 2 nitrogen and oxygen atoms in total. The molecule has 0 aliphatic heterocycles. The Balaban J connectivity index is 2.11. The molecule has 0 spiro atoms. The largest absolute Gasteiger partial charge is 0.497 e. The van der Waals surface area contributed by atoms with E-state index in [0.29, 0.717) is 17.4 Å². The molecule has 0 unspecified atom stereocenters. The van der Waals surface area contributed by atoms with Gasteiger partial charge in [0.15, 0.2) is 0 Å². The minimum absolute atomic E-state index is 0.295. The van der Waals surface area contributed by atoms with Crippen molar-refractivity contribution in [3.63, 3.8) is 0 Å². The van der Waals surface area contributed by atoms with Crippen molar-refractivity contribution in [1.29, 1.82) is 0 Å². The van der Waals surface area contributed by atoms with Crippen LogP contribution in [-0.2, 0) is 4.74 Å². The van der Waals surface area contributed by atoms with E-state index in [1.165, 1.54) is 23.1 Å². The molecule has 0 saturated heterocycles. The number of rotatable bonds is 4. The Labute approximate surface area is 153 Å². The minimum Gasteiger partial charge on any atom is -0.497 e. The van der Waals surface area contributed by atoms with Crippen molar-refractivity contribution >= 4 is 13.6 Å². The quantitative estimate of drug-likeness (QED) is 0.643. The van der Waals surface area contributed by atoms with Crippen LogP contribution >= 0.6 is 0 Å². The third-order valence-electron chi connectivity index (χ3n) is 6.28. The van der Waals surface area contributed by atoms with E-state index in [4.69, 9.17) is 9.47 Å². The van der Waals surface area contributed by atoms with Crippen molar-refractivity contribution in [3.8, 4) is 5.75 Å². The molecule has 2 aliphatic carbocycles. The molecule has 3 rings (SSSR count). The maximum atomic E-state index is 5.74. The highest BCUT2D eigenvalue weighted by Gasteiger charge is 2.50. The molecule has 3 atom stereocenters. The second-order valence-corrected chi connectivity index (χ2v) is 14.1.